The summed E-state index contributed by atoms with van der Waals surface area (Å²) in [5.74, 6) is 0.310. The molecule has 0 bridgehead atoms. The highest BCUT2D eigenvalue weighted by Gasteiger charge is 2.19. The second kappa shape index (κ2) is 12.3. The van der Waals surface area contributed by atoms with E-state index < -0.39 is 54.4 Å². The molecule has 0 aliphatic carbocycles. The molecule has 0 atom stereocenters. The maximum Gasteiger partial charge on any atom is 0.164 e. The van der Waals surface area contributed by atoms with Crippen LogP contribution in [0.2, 0.25) is 0 Å². The fraction of sp³-hybridized carbons (Fsp3) is 0. The molecule has 4 aromatic heterocycles. The Kier molecular flexibility index (Phi) is 4.74. The lowest BCUT2D eigenvalue weighted by atomic mass is 9.99. The van der Waals surface area contributed by atoms with E-state index in [0.29, 0.717) is 22.3 Å². The van der Waals surface area contributed by atoms with Crippen LogP contribution >= 0.6 is 0 Å². The molecule has 0 saturated carbocycles. The Labute approximate surface area is 342 Å². The zero-order valence-electron chi connectivity index (χ0n) is 41.5. The number of fused-ring (bicyclic) bond motifs is 9. The maximum absolute atomic E-state index is 9.65. The van der Waals surface area contributed by atoms with Gasteiger partial charge in [0.05, 0.1) is 27.5 Å². The van der Waals surface area contributed by atoms with Gasteiger partial charge in [0.25, 0.3) is 0 Å². The highest BCUT2D eigenvalue weighted by Crippen LogP contribution is 2.40. The fourth-order valence-electron chi connectivity index (χ4n) is 7.55. The van der Waals surface area contributed by atoms with E-state index >= 15 is 0 Å². The van der Waals surface area contributed by atoms with Crippen LogP contribution in [0.3, 0.4) is 0 Å². The standard InChI is InChI=1S/C51H30N4O2/c1-3-12-31(13-4-1)36-18-11-21-45-48(36)40-26-23-34(29-47(40)57-45)51-53-49(32-14-5-2-6-15-32)52-50(54-51)33-22-25-39-41-30-35(24-27-44(41)56-46(39)28-33)55-42-19-9-7-16-37(42)38-17-8-10-20-43(38)55/h1-30H/i7D,8D,9D,10D,16D,17D,19D,22D,25D,27D,28D,30D. The molecule has 0 fully saturated rings. The molecule has 57 heavy (non-hydrogen) atoms. The van der Waals surface area contributed by atoms with Crippen molar-refractivity contribution in [2.24, 2.45) is 0 Å². The lowest BCUT2D eigenvalue weighted by molar-refractivity contribution is 0.668. The Morgan fingerprint density at radius 3 is 1.98 bits per heavy atom. The minimum Gasteiger partial charge on any atom is -0.456 e. The molecule has 0 aliphatic heterocycles. The highest BCUT2D eigenvalue weighted by atomic mass is 16.3. The van der Waals surface area contributed by atoms with Gasteiger partial charge in [-0.1, -0.05) is 121 Å². The summed E-state index contributed by atoms with van der Waals surface area (Å²) in [6.45, 7) is 0. The van der Waals surface area contributed by atoms with Crippen LogP contribution < -0.4 is 0 Å². The van der Waals surface area contributed by atoms with Gasteiger partial charge in [0.1, 0.15) is 22.3 Å². The topological polar surface area (TPSA) is 69.9 Å². The van der Waals surface area contributed by atoms with Crippen LogP contribution in [0.4, 0.5) is 0 Å². The Morgan fingerprint density at radius 2 is 1.14 bits per heavy atom. The minimum atomic E-state index is -0.601. The average Bonchev–Trinajstić information content (AvgIpc) is 4.06. The van der Waals surface area contributed by atoms with Crippen molar-refractivity contribution in [3.05, 3.63) is 182 Å². The fourth-order valence-corrected chi connectivity index (χ4v) is 7.55. The van der Waals surface area contributed by atoms with E-state index in [4.69, 9.17) is 33.4 Å². The number of hydrogen-bond donors (Lipinski definition) is 0. The molecule has 12 rings (SSSR count). The number of benzene rings is 8. The molecule has 0 unspecified atom stereocenters. The van der Waals surface area contributed by atoms with Crippen molar-refractivity contribution in [2.45, 2.75) is 0 Å². The molecular formula is C51H30N4O2. The Bertz CT molecular complexity index is 4230. The molecule has 0 aliphatic rings. The van der Waals surface area contributed by atoms with E-state index in [1.807, 2.05) is 97.1 Å². The van der Waals surface area contributed by atoms with Crippen LogP contribution in [0.25, 0.3) is 117 Å². The first-order valence-corrected chi connectivity index (χ1v) is 18.0. The van der Waals surface area contributed by atoms with Crippen molar-refractivity contribution in [2.75, 3.05) is 0 Å². The zero-order valence-corrected chi connectivity index (χ0v) is 29.5. The van der Waals surface area contributed by atoms with Gasteiger partial charge in [-0.05, 0) is 71.7 Å². The molecule has 6 nitrogen and oxygen atoms in total. The first-order chi connectivity index (χ1) is 33.2. The van der Waals surface area contributed by atoms with E-state index in [1.54, 1.807) is 0 Å². The zero-order chi connectivity index (χ0) is 47.9. The third-order valence-electron chi connectivity index (χ3n) is 10.1. The minimum absolute atomic E-state index is 0.0232. The predicted molar refractivity (Wildman–Crippen MR) is 230 cm³/mol. The number of aromatic nitrogens is 4. The number of hydrogen-bond acceptors (Lipinski definition) is 5. The summed E-state index contributed by atoms with van der Waals surface area (Å²) in [6, 6.07) is 27.6. The molecule has 0 N–H and O–H groups in total. The van der Waals surface area contributed by atoms with E-state index in [0.717, 1.165) is 21.9 Å². The molecule has 8 aromatic carbocycles. The summed E-state index contributed by atoms with van der Waals surface area (Å²) in [5, 5.41) is 1.42. The molecular weight excluding hydrogens is 701 g/mol. The van der Waals surface area contributed by atoms with E-state index in [-0.39, 0.29) is 90.6 Å². The van der Waals surface area contributed by atoms with Crippen molar-refractivity contribution >= 4 is 65.7 Å². The van der Waals surface area contributed by atoms with Crippen molar-refractivity contribution in [1.29, 1.82) is 0 Å². The number of rotatable bonds is 5. The third kappa shape index (κ3) is 5.01. The number of nitrogens with zero attached hydrogens (tertiary/aromatic N) is 4. The Balaban J connectivity index is 1.08. The van der Waals surface area contributed by atoms with Gasteiger partial charge in [-0.25, -0.2) is 15.0 Å². The quantitative estimate of drug-likeness (QED) is 0.176. The van der Waals surface area contributed by atoms with Crippen LogP contribution in [0.15, 0.2) is 191 Å². The Hall–Kier alpha value is -7.83. The second-order valence-corrected chi connectivity index (χ2v) is 13.4. The van der Waals surface area contributed by atoms with Crippen molar-refractivity contribution in [1.82, 2.24) is 19.5 Å². The average molecular weight is 743 g/mol. The third-order valence-corrected chi connectivity index (χ3v) is 10.1. The molecule has 0 radical (unpaired) electrons. The van der Waals surface area contributed by atoms with Crippen LogP contribution in [-0.4, -0.2) is 19.5 Å². The number of furan rings is 2. The van der Waals surface area contributed by atoms with Gasteiger partial charge >= 0.3 is 0 Å². The lowest BCUT2D eigenvalue weighted by Crippen LogP contribution is -2.00. The van der Waals surface area contributed by atoms with Crippen molar-refractivity contribution in [3.8, 4) is 51.0 Å². The first-order valence-electron chi connectivity index (χ1n) is 24.0. The summed E-state index contributed by atoms with van der Waals surface area (Å²) in [5.41, 5.74) is 3.64. The maximum atomic E-state index is 9.65. The van der Waals surface area contributed by atoms with E-state index in [1.165, 1.54) is 16.7 Å². The van der Waals surface area contributed by atoms with Crippen LogP contribution in [0, 0.1) is 0 Å². The van der Waals surface area contributed by atoms with Gasteiger partial charge in [0.2, 0.25) is 0 Å². The molecule has 4 heterocycles. The molecule has 0 saturated heterocycles. The van der Waals surface area contributed by atoms with Crippen LogP contribution in [-0.2, 0) is 0 Å². The van der Waals surface area contributed by atoms with Crippen LogP contribution in [0.1, 0.15) is 16.4 Å². The lowest BCUT2D eigenvalue weighted by Gasteiger charge is -2.09. The van der Waals surface area contributed by atoms with Gasteiger partial charge in [0, 0.05) is 54.7 Å². The van der Waals surface area contributed by atoms with E-state index in [9.17, 15) is 6.85 Å². The predicted octanol–water partition coefficient (Wildman–Crippen LogP) is 13.4. The van der Waals surface area contributed by atoms with Gasteiger partial charge in [-0.3, -0.25) is 0 Å². The summed E-state index contributed by atoms with van der Waals surface area (Å²) in [6.07, 6.45) is 0. The molecule has 0 spiro atoms. The second-order valence-electron chi connectivity index (χ2n) is 13.4. The van der Waals surface area contributed by atoms with Gasteiger partial charge in [-0.2, -0.15) is 0 Å². The molecule has 12 aromatic rings. The first kappa shape index (κ1) is 21.9. The normalized spacial score (nSPS) is 14.8. The highest BCUT2D eigenvalue weighted by molar-refractivity contribution is 6.13. The van der Waals surface area contributed by atoms with Gasteiger partial charge in [-0.15, -0.1) is 0 Å². The molecule has 266 valence electrons. The molecule has 6 heteroatoms. The SMILES string of the molecule is [2H]c1cc2c(c([2H])c1[2H])c1c([2H])c([2H])c([2H])c([2H])c1n2-c1cc([2H])c2oc3c([2H])c(-c4nc(-c5ccccc5)nc(-c5ccc6c(c5)oc5cccc(-c7ccccc7)c56)n4)c([2H])c([2H])c3c2c1[2H]. The summed E-state index contributed by atoms with van der Waals surface area (Å²) in [4.78, 5) is 14.4. The largest absolute Gasteiger partial charge is 0.456 e. The monoisotopic (exact) mass is 742 g/mol. The molecule has 0 amide bonds. The van der Waals surface area contributed by atoms with Crippen molar-refractivity contribution in [3.63, 3.8) is 0 Å². The van der Waals surface area contributed by atoms with Crippen LogP contribution in [0.5, 0.6) is 0 Å². The smallest absolute Gasteiger partial charge is 0.164 e. The summed E-state index contributed by atoms with van der Waals surface area (Å²) >= 11 is 0. The van der Waals surface area contributed by atoms with Gasteiger partial charge in [0.15, 0.2) is 17.5 Å². The Morgan fingerprint density at radius 1 is 0.421 bits per heavy atom. The van der Waals surface area contributed by atoms with Crippen molar-refractivity contribution < 1.29 is 25.3 Å². The summed E-state index contributed by atoms with van der Waals surface area (Å²) in [7, 11) is 0. The number of para-hydroxylation sites is 2. The summed E-state index contributed by atoms with van der Waals surface area (Å²) < 4.78 is 122. The van der Waals surface area contributed by atoms with Gasteiger partial charge < -0.3 is 13.4 Å². The van der Waals surface area contributed by atoms with E-state index in [2.05, 4.69) is 0 Å².